The number of nitrogens with one attached hydrogen (secondary N) is 2. The molecule has 0 aromatic heterocycles. The SMILES string of the molecule is CCCCCN1CCOCC1.CCCN(CCC)C(=N)/C=C(/C)Nc1ccc(F)c(OC(F)(F)F)c1. The fourth-order valence-corrected chi connectivity index (χ4v) is 3.65. The van der Waals surface area contributed by atoms with Crippen molar-refractivity contribution < 1.29 is 27.0 Å². The lowest BCUT2D eigenvalue weighted by Crippen LogP contribution is -2.36. The van der Waals surface area contributed by atoms with E-state index in [1.165, 1.54) is 31.9 Å². The molecular weight excluding hydrogens is 476 g/mol. The maximum absolute atomic E-state index is 13.4. The summed E-state index contributed by atoms with van der Waals surface area (Å²) in [4.78, 5) is 4.41. The third-order valence-corrected chi connectivity index (χ3v) is 5.36. The first kappa shape index (κ1) is 31.7. The van der Waals surface area contributed by atoms with Gasteiger partial charge in [0.25, 0.3) is 0 Å². The predicted octanol–water partition coefficient (Wildman–Crippen LogP) is 6.65. The summed E-state index contributed by atoms with van der Waals surface area (Å²) in [6.07, 6.45) is 2.47. The fraction of sp³-hybridized carbons (Fsp3) is 0.654. The Balaban J connectivity index is 0.000000488. The third-order valence-electron chi connectivity index (χ3n) is 5.36. The molecule has 0 atom stereocenters. The van der Waals surface area contributed by atoms with E-state index in [-0.39, 0.29) is 5.69 Å². The molecule has 6 nitrogen and oxygen atoms in total. The number of alkyl halides is 3. The molecule has 0 unspecified atom stereocenters. The molecule has 1 aromatic carbocycles. The van der Waals surface area contributed by atoms with Gasteiger partial charge < -0.3 is 19.7 Å². The number of hydrogen-bond donors (Lipinski definition) is 2. The topological polar surface area (TPSA) is 60.8 Å². The molecule has 0 amide bonds. The highest BCUT2D eigenvalue weighted by Crippen LogP contribution is 2.28. The summed E-state index contributed by atoms with van der Waals surface area (Å²) in [5, 5.41) is 11.0. The average Bonchev–Trinajstić information content (AvgIpc) is 2.81. The zero-order valence-corrected chi connectivity index (χ0v) is 22.0. The molecule has 0 aliphatic carbocycles. The van der Waals surface area contributed by atoms with Crippen LogP contribution in [0.3, 0.4) is 0 Å². The summed E-state index contributed by atoms with van der Waals surface area (Å²) in [7, 11) is 0. The fourth-order valence-electron chi connectivity index (χ4n) is 3.65. The van der Waals surface area contributed by atoms with Crippen LogP contribution in [0.4, 0.5) is 23.2 Å². The minimum absolute atomic E-state index is 0.236. The van der Waals surface area contributed by atoms with Crippen LogP contribution in [0.25, 0.3) is 0 Å². The second-order valence-electron chi connectivity index (χ2n) is 8.68. The lowest BCUT2D eigenvalue weighted by Gasteiger charge is -2.26. The first-order valence-corrected chi connectivity index (χ1v) is 12.7. The Morgan fingerprint density at radius 1 is 1.11 bits per heavy atom. The van der Waals surface area contributed by atoms with Gasteiger partial charge in [-0.25, -0.2) is 4.39 Å². The van der Waals surface area contributed by atoms with Crippen LogP contribution in [0.1, 0.15) is 59.8 Å². The summed E-state index contributed by atoms with van der Waals surface area (Å²) in [6, 6.07) is 3.12. The zero-order chi connectivity index (χ0) is 27.0. The maximum Gasteiger partial charge on any atom is 0.573 e. The number of unbranched alkanes of at least 4 members (excludes halogenated alkanes) is 2. The second-order valence-corrected chi connectivity index (χ2v) is 8.68. The molecule has 1 heterocycles. The highest BCUT2D eigenvalue weighted by atomic mass is 19.4. The van der Waals surface area contributed by atoms with Gasteiger partial charge in [0.1, 0.15) is 5.84 Å². The molecule has 10 heteroatoms. The van der Waals surface area contributed by atoms with Gasteiger partial charge in [-0.3, -0.25) is 10.3 Å². The van der Waals surface area contributed by atoms with E-state index >= 15 is 0 Å². The van der Waals surface area contributed by atoms with E-state index in [0.29, 0.717) is 11.5 Å². The molecular formula is C26H42F4N4O2. The van der Waals surface area contributed by atoms with E-state index in [0.717, 1.165) is 64.4 Å². The van der Waals surface area contributed by atoms with Gasteiger partial charge in [0.2, 0.25) is 0 Å². The van der Waals surface area contributed by atoms with Crippen LogP contribution in [-0.2, 0) is 4.74 Å². The molecule has 206 valence electrons. The Kier molecular flexibility index (Phi) is 15.1. The van der Waals surface area contributed by atoms with E-state index in [1.807, 2.05) is 18.7 Å². The number of rotatable bonds is 12. The van der Waals surface area contributed by atoms with Gasteiger partial charge in [0, 0.05) is 43.6 Å². The van der Waals surface area contributed by atoms with Crippen molar-refractivity contribution in [3.63, 3.8) is 0 Å². The van der Waals surface area contributed by atoms with Crippen LogP contribution < -0.4 is 10.1 Å². The molecule has 1 fully saturated rings. The number of allylic oxidation sites excluding steroid dienone is 1. The monoisotopic (exact) mass is 518 g/mol. The minimum atomic E-state index is -4.97. The lowest BCUT2D eigenvalue weighted by molar-refractivity contribution is -0.275. The largest absolute Gasteiger partial charge is 0.573 e. The van der Waals surface area contributed by atoms with Crippen LogP contribution in [0.2, 0.25) is 0 Å². The first-order chi connectivity index (χ1) is 17.1. The Labute approximate surface area is 213 Å². The predicted molar refractivity (Wildman–Crippen MR) is 137 cm³/mol. The van der Waals surface area contributed by atoms with E-state index in [9.17, 15) is 17.6 Å². The summed E-state index contributed by atoms with van der Waals surface area (Å²) in [5.41, 5.74) is 0.784. The standard InChI is InChI=1S/C17H23F4N3O.C9H19NO/c1-4-8-24(9-5-2)16(22)10-12(3)23-13-6-7-14(18)15(11-13)25-17(19,20)21;1-2-3-4-5-10-6-8-11-9-7-10/h6-7,10-11,22-23H,4-5,8-9H2,1-3H3;2-9H2,1H3/b12-10-,22-16?;. The number of ether oxygens (including phenoxy) is 2. The number of benzene rings is 1. The van der Waals surface area contributed by atoms with Gasteiger partial charge in [-0.1, -0.05) is 33.6 Å². The molecule has 1 aliphatic heterocycles. The maximum atomic E-state index is 13.4. The van der Waals surface area contributed by atoms with E-state index in [2.05, 4.69) is 21.9 Å². The number of hydrogen-bond acceptors (Lipinski definition) is 5. The van der Waals surface area contributed by atoms with Crippen LogP contribution in [-0.4, -0.2) is 67.9 Å². The Hall–Kier alpha value is -2.33. The van der Waals surface area contributed by atoms with Crippen LogP contribution in [0.15, 0.2) is 30.0 Å². The first-order valence-electron chi connectivity index (χ1n) is 12.7. The van der Waals surface area contributed by atoms with Crippen molar-refractivity contribution in [2.45, 2.75) is 66.2 Å². The smallest absolute Gasteiger partial charge is 0.403 e. The van der Waals surface area contributed by atoms with Crippen molar-refractivity contribution in [2.75, 3.05) is 51.3 Å². The van der Waals surface area contributed by atoms with Gasteiger partial charge in [-0.05, 0) is 50.9 Å². The summed E-state index contributed by atoms with van der Waals surface area (Å²) in [6.45, 7) is 14.9. The van der Waals surface area contributed by atoms with Crippen molar-refractivity contribution >= 4 is 11.5 Å². The normalized spacial score (nSPS) is 14.6. The number of anilines is 1. The van der Waals surface area contributed by atoms with Crippen LogP contribution >= 0.6 is 0 Å². The van der Waals surface area contributed by atoms with Gasteiger partial charge in [-0.2, -0.15) is 0 Å². The summed E-state index contributed by atoms with van der Waals surface area (Å²) in [5.74, 6) is -1.70. The molecule has 0 radical (unpaired) electrons. The highest BCUT2D eigenvalue weighted by Gasteiger charge is 2.32. The van der Waals surface area contributed by atoms with Crippen molar-refractivity contribution in [3.8, 4) is 5.75 Å². The Morgan fingerprint density at radius 3 is 2.31 bits per heavy atom. The van der Waals surface area contributed by atoms with Gasteiger partial charge in [0.05, 0.1) is 13.2 Å². The average molecular weight is 519 g/mol. The van der Waals surface area contributed by atoms with Crippen LogP contribution in [0, 0.1) is 11.2 Å². The van der Waals surface area contributed by atoms with Crippen molar-refractivity contribution in [1.29, 1.82) is 5.41 Å². The van der Waals surface area contributed by atoms with Crippen LogP contribution in [0.5, 0.6) is 5.75 Å². The van der Waals surface area contributed by atoms with Crippen molar-refractivity contribution in [3.05, 3.63) is 35.8 Å². The van der Waals surface area contributed by atoms with Crippen molar-refractivity contribution in [1.82, 2.24) is 9.80 Å². The number of nitrogens with zero attached hydrogens (tertiary/aromatic N) is 2. The number of amidine groups is 1. The summed E-state index contributed by atoms with van der Waals surface area (Å²) >= 11 is 0. The molecule has 2 N–H and O–H groups in total. The Bertz CT molecular complexity index is 791. The van der Waals surface area contributed by atoms with Gasteiger partial charge >= 0.3 is 6.36 Å². The number of halogens is 4. The summed E-state index contributed by atoms with van der Waals surface area (Å²) < 4.78 is 59.1. The number of morpholine rings is 1. The molecule has 1 aliphatic rings. The zero-order valence-electron chi connectivity index (χ0n) is 22.0. The van der Waals surface area contributed by atoms with Gasteiger partial charge in [-0.15, -0.1) is 13.2 Å². The molecule has 36 heavy (non-hydrogen) atoms. The quantitative estimate of drug-likeness (QED) is 0.140. The van der Waals surface area contributed by atoms with E-state index < -0.39 is 17.9 Å². The molecule has 0 spiro atoms. The van der Waals surface area contributed by atoms with Crippen molar-refractivity contribution in [2.24, 2.45) is 0 Å². The Morgan fingerprint density at radius 2 is 1.75 bits per heavy atom. The third kappa shape index (κ3) is 13.7. The lowest BCUT2D eigenvalue weighted by atomic mass is 10.2. The molecule has 1 aromatic rings. The highest BCUT2D eigenvalue weighted by molar-refractivity contribution is 5.91. The molecule has 1 saturated heterocycles. The van der Waals surface area contributed by atoms with E-state index in [4.69, 9.17) is 10.1 Å². The molecule has 0 saturated carbocycles. The molecule has 2 rings (SSSR count). The van der Waals surface area contributed by atoms with E-state index in [1.54, 1.807) is 13.0 Å². The van der Waals surface area contributed by atoms with Gasteiger partial charge in [0.15, 0.2) is 11.6 Å². The molecule has 0 bridgehead atoms. The second kappa shape index (κ2) is 17.2. The minimum Gasteiger partial charge on any atom is -0.403 e.